The van der Waals surface area contributed by atoms with Crippen LogP contribution in [0.5, 0.6) is 0 Å². The number of likely N-dealkylation sites (tertiary alicyclic amines) is 1. The number of thiophene rings is 1. The van der Waals surface area contributed by atoms with E-state index in [9.17, 15) is 4.79 Å². The molecule has 1 aliphatic carbocycles. The summed E-state index contributed by atoms with van der Waals surface area (Å²) < 4.78 is 0. The van der Waals surface area contributed by atoms with Crippen molar-refractivity contribution < 1.29 is 4.79 Å². The summed E-state index contributed by atoms with van der Waals surface area (Å²) in [5.74, 6) is 1.85. The largest absolute Gasteiger partial charge is 0.339 e. The lowest BCUT2D eigenvalue weighted by molar-refractivity contribution is 0.0686. The normalized spacial score (nSPS) is 22.6. The first-order valence-electron chi connectivity index (χ1n) is 8.72. The monoisotopic (exact) mass is 320 g/mol. The molecule has 0 radical (unpaired) electrons. The summed E-state index contributed by atoms with van der Waals surface area (Å²) >= 11 is 1.80. The van der Waals surface area contributed by atoms with Crippen molar-refractivity contribution in [2.45, 2.75) is 45.4 Å². The number of amides is 1. The van der Waals surface area contributed by atoms with Crippen LogP contribution in [0, 0.1) is 11.8 Å². The van der Waals surface area contributed by atoms with E-state index in [2.05, 4.69) is 22.5 Å². The standard InChI is InChI=1S/C18H28N2OS/c1-13-3-4-15-16(12-22-17(15)11-13)18(21)20-9-6-14(7-10-20)5-8-19-2/h12-14,19H,3-11H2,1-2H3. The number of nitrogens with one attached hydrogen (secondary N) is 1. The third kappa shape index (κ3) is 3.38. The van der Waals surface area contributed by atoms with Gasteiger partial charge in [0.15, 0.2) is 0 Å². The van der Waals surface area contributed by atoms with Crippen LogP contribution in [0.4, 0.5) is 0 Å². The molecular formula is C18H28N2OS. The molecule has 1 unspecified atom stereocenters. The van der Waals surface area contributed by atoms with Crippen LogP contribution in [0.15, 0.2) is 5.38 Å². The maximum atomic E-state index is 12.9. The Morgan fingerprint density at radius 1 is 1.36 bits per heavy atom. The average Bonchev–Trinajstić information content (AvgIpc) is 2.95. The van der Waals surface area contributed by atoms with Gasteiger partial charge in [-0.2, -0.15) is 0 Å². The molecule has 1 amide bonds. The highest BCUT2D eigenvalue weighted by atomic mass is 32.1. The second-order valence-electron chi connectivity index (χ2n) is 7.03. The van der Waals surface area contributed by atoms with Crippen LogP contribution in [0.2, 0.25) is 0 Å². The van der Waals surface area contributed by atoms with E-state index in [1.165, 1.54) is 29.7 Å². The first kappa shape index (κ1) is 16.0. The molecule has 0 saturated carbocycles. The van der Waals surface area contributed by atoms with Crippen molar-refractivity contribution in [3.63, 3.8) is 0 Å². The number of carbonyl (C=O) groups is 1. The van der Waals surface area contributed by atoms with Crippen molar-refractivity contribution in [1.82, 2.24) is 10.2 Å². The van der Waals surface area contributed by atoms with Gasteiger partial charge in [-0.15, -0.1) is 11.3 Å². The third-order valence-electron chi connectivity index (χ3n) is 5.34. The van der Waals surface area contributed by atoms with Gasteiger partial charge in [0.2, 0.25) is 0 Å². The molecule has 1 aromatic rings. The van der Waals surface area contributed by atoms with Gasteiger partial charge in [-0.05, 0) is 69.5 Å². The van der Waals surface area contributed by atoms with E-state index < -0.39 is 0 Å². The predicted octanol–water partition coefficient (Wildman–Crippen LogP) is 3.33. The van der Waals surface area contributed by atoms with Crippen LogP contribution in [0.25, 0.3) is 0 Å². The summed E-state index contributed by atoms with van der Waals surface area (Å²) in [5, 5.41) is 5.35. The van der Waals surface area contributed by atoms with Gasteiger partial charge in [0.25, 0.3) is 5.91 Å². The highest BCUT2D eigenvalue weighted by molar-refractivity contribution is 7.10. The van der Waals surface area contributed by atoms with Gasteiger partial charge in [0, 0.05) is 23.3 Å². The second-order valence-corrected chi connectivity index (χ2v) is 7.99. The lowest BCUT2D eigenvalue weighted by Crippen LogP contribution is -2.39. The Balaban J connectivity index is 1.61. The fraction of sp³-hybridized carbons (Fsp3) is 0.722. The van der Waals surface area contributed by atoms with Crippen molar-refractivity contribution in [3.05, 3.63) is 21.4 Å². The topological polar surface area (TPSA) is 32.3 Å². The molecule has 122 valence electrons. The lowest BCUT2D eigenvalue weighted by Gasteiger charge is -2.32. The minimum Gasteiger partial charge on any atom is -0.339 e. The van der Waals surface area contributed by atoms with Crippen LogP contribution < -0.4 is 5.32 Å². The molecule has 2 aliphatic rings. The minimum atomic E-state index is 0.291. The van der Waals surface area contributed by atoms with E-state index in [0.29, 0.717) is 5.91 Å². The summed E-state index contributed by atoms with van der Waals surface area (Å²) in [6.45, 7) is 5.29. The number of hydrogen-bond acceptors (Lipinski definition) is 3. The molecule has 0 spiro atoms. The van der Waals surface area contributed by atoms with Crippen molar-refractivity contribution >= 4 is 17.2 Å². The molecule has 1 fully saturated rings. The Morgan fingerprint density at radius 2 is 2.14 bits per heavy atom. The predicted molar refractivity (Wildman–Crippen MR) is 92.7 cm³/mol. The molecule has 4 heteroatoms. The Bertz CT molecular complexity index is 517. The summed E-state index contributed by atoms with van der Waals surface area (Å²) in [7, 11) is 2.01. The number of nitrogens with zero attached hydrogens (tertiary/aromatic N) is 1. The maximum absolute atomic E-state index is 12.9. The highest BCUT2D eigenvalue weighted by Crippen LogP contribution is 2.34. The molecule has 0 aromatic carbocycles. The first-order valence-corrected chi connectivity index (χ1v) is 9.60. The summed E-state index contributed by atoms with van der Waals surface area (Å²) in [6.07, 6.45) is 7.06. The number of rotatable bonds is 4. The van der Waals surface area contributed by atoms with Gasteiger partial charge >= 0.3 is 0 Å². The van der Waals surface area contributed by atoms with Crippen molar-refractivity contribution in [2.24, 2.45) is 11.8 Å². The second kappa shape index (κ2) is 7.14. The lowest BCUT2D eigenvalue weighted by atomic mass is 9.88. The molecule has 2 heterocycles. The van der Waals surface area contributed by atoms with E-state index in [1.54, 1.807) is 11.3 Å². The molecular weight excluding hydrogens is 292 g/mol. The highest BCUT2D eigenvalue weighted by Gasteiger charge is 2.28. The van der Waals surface area contributed by atoms with Crippen LogP contribution in [-0.2, 0) is 12.8 Å². The fourth-order valence-electron chi connectivity index (χ4n) is 3.80. The molecule has 22 heavy (non-hydrogen) atoms. The van der Waals surface area contributed by atoms with E-state index in [1.807, 2.05) is 7.05 Å². The van der Waals surface area contributed by atoms with E-state index in [-0.39, 0.29) is 0 Å². The van der Waals surface area contributed by atoms with Gasteiger partial charge in [0.05, 0.1) is 5.56 Å². The molecule has 1 aliphatic heterocycles. The summed E-state index contributed by atoms with van der Waals surface area (Å²) in [4.78, 5) is 16.4. The van der Waals surface area contributed by atoms with Gasteiger partial charge in [-0.1, -0.05) is 6.92 Å². The van der Waals surface area contributed by atoms with Gasteiger partial charge in [0.1, 0.15) is 0 Å². The zero-order valence-electron chi connectivity index (χ0n) is 13.9. The Hall–Kier alpha value is -0.870. The van der Waals surface area contributed by atoms with E-state index in [4.69, 9.17) is 0 Å². The Labute approximate surface area is 138 Å². The van der Waals surface area contributed by atoms with Crippen molar-refractivity contribution in [2.75, 3.05) is 26.7 Å². The summed E-state index contributed by atoms with van der Waals surface area (Å²) in [5.41, 5.74) is 2.38. The van der Waals surface area contributed by atoms with Gasteiger partial charge < -0.3 is 10.2 Å². The first-order chi connectivity index (χ1) is 10.7. The molecule has 0 bridgehead atoms. The van der Waals surface area contributed by atoms with Crippen LogP contribution in [-0.4, -0.2) is 37.5 Å². The average molecular weight is 321 g/mol. The van der Waals surface area contributed by atoms with Crippen LogP contribution >= 0.6 is 11.3 Å². The van der Waals surface area contributed by atoms with E-state index >= 15 is 0 Å². The fourth-order valence-corrected chi connectivity index (χ4v) is 5.04. The third-order valence-corrected chi connectivity index (χ3v) is 6.39. The SMILES string of the molecule is CNCCC1CCN(C(=O)c2csc3c2CCC(C)C3)CC1. The molecule has 1 saturated heterocycles. The number of fused-ring (bicyclic) bond motifs is 1. The Morgan fingerprint density at radius 3 is 2.86 bits per heavy atom. The minimum absolute atomic E-state index is 0.291. The molecule has 1 atom stereocenters. The summed E-state index contributed by atoms with van der Waals surface area (Å²) in [6, 6.07) is 0. The van der Waals surface area contributed by atoms with Crippen LogP contribution in [0.3, 0.4) is 0 Å². The number of hydrogen-bond donors (Lipinski definition) is 1. The quantitative estimate of drug-likeness (QED) is 0.923. The zero-order valence-corrected chi connectivity index (χ0v) is 14.7. The van der Waals surface area contributed by atoms with Crippen molar-refractivity contribution in [1.29, 1.82) is 0 Å². The zero-order chi connectivity index (χ0) is 15.5. The van der Waals surface area contributed by atoms with Crippen molar-refractivity contribution in [3.8, 4) is 0 Å². The number of carbonyl (C=O) groups excluding carboxylic acids is 1. The molecule has 1 aromatic heterocycles. The molecule has 1 N–H and O–H groups in total. The number of piperidine rings is 1. The van der Waals surface area contributed by atoms with Crippen LogP contribution in [0.1, 0.15) is 53.4 Å². The molecule has 3 rings (SSSR count). The smallest absolute Gasteiger partial charge is 0.254 e. The van der Waals surface area contributed by atoms with Gasteiger partial charge in [-0.3, -0.25) is 4.79 Å². The van der Waals surface area contributed by atoms with E-state index in [0.717, 1.165) is 56.3 Å². The molecule has 3 nitrogen and oxygen atoms in total. The Kier molecular flexibility index (Phi) is 5.19. The maximum Gasteiger partial charge on any atom is 0.254 e. The van der Waals surface area contributed by atoms with Gasteiger partial charge in [-0.25, -0.2) is 0 Å².